The summed E-state index contributed by atoms with van der Waals surface area (Å²) in [5.74, 6) is 0.105. The molecule has 1 unspecified atom stereocenters. The molecule has 2 heterocycles. The zero-order valence-electron chi connectivity index (χ0n) is 17.6. The summed E-state index contributed by atoms with van der Waals surface area (Å²) in [7, 11) is 0. The molecule has 2 aromatic heterocycles. The molecule has 0 spiro atoms. The fourth-order valence-electron chi connectivity index (χ4n) is 4.38. The molecule has 0 bridgehead atoms. The van der Waals surface area contributed by atoms with Gasteiger partial charge in [0, 0.05) is 16.8 Å². The highest BCUT2D eigenvalue weighted by Gasteiger charge is 2.28. The summed E-state index contributed by atoms with van der Waals surface area (Å²) in [4.78, 5) is 18.5. The number of carbonyl (C=O) groups excluding carboxylic acids is 1. The summed E-state index contributed by atoms with van der Waals surface area (Å²) in [5.41, 5.74) is 5.06. The molecule has 0 saturated heterocycles. The van der Waals surface area contributed by atoms with Crippen LogP contribution in [-0.4, -0.2) is 20.7 Å². The number of pyridine rings is 1. The van der Waals surface area contributed by atoms with Gasteiger partial charge in [-0.2, -0.15) is 5.26 Å². The van der Waals surface area contributed by atoms with Gasteiger partial charge in [0.05, 0.1) is 16.3 Å². The Labute approximate surface area is 182 Å². The first-order valence-electron chi connectivity index (χ1n) is 10.9. The SMILES string of the molecule is CCCc1ccc(C#N)c(SC(CC)C(=O)n2c3c(c4ccccc42)CCCC3)n1. The highest BCUT2D eigenvalue weighted by atomic mass is 32.2. The number of rotatable bonds is 6. The molecule has 4 nitrogen and oxygen atoms in total. The number of hydrogen-bond donors (Lipinski definition) is 0. The lowest BCUT2D eigenvalue weighted by Gasteiger charge is -2.19. The van der Waals surface area contributed by atoms with Crippen molar-refractivity contribution in [1.82, 2.24) is 9.55 Å². The first kappa shape index (κ1) is 20.7. The molecule has 0 N–H and O–H groups in total. The standard InChI is InChI=1S/C25H27N3OS/c1-3-9-18-15-14-17(16-26)24(27-18)30-23(4-2)25(29)28-21-12-7-5-10-19(21)20-11-6-8-13-22(20)28/h5,7,10,12,14-15,23H,3-4,6,8-9,11,13H2,1-2H3. The Bertz CT molecular complexity index is 1130. The van der Waals surface area contributed by atoms with E-state index in [4.69, 9.17) is 4.98 Å². The van der Waals surface area contributed by atoms with Gasteiger partial charge in [0.1, 0.15) is 11.1 Å². The van der Waals surface area contributed by atoms with Gasteiger partial charge in [-0.25, -0.2) is 4.98 Å². The molecule has 1 aliphatic carbocycles. The molecular weight excluding hydrogens is 390 g/mol. The van der Waals surface area contributed by atoms with Crippen LogP contribution in [-0.2, 0) is 19.3 Å². The van der Waals surface area contributed by atoms with Crippen LogP contribution in [0.5, 0.6) is 0 Å². The lowest BCUT2D eigenvalue weighted by Crippen LogP contribution is -2.26. The normalized spacial score (nSPS) is 14.3. The summed E-state index contributed by atoms with van der Waals surface area (Å²) in [6.07, 6.45) is 6.86. The van der Waals surface area contributed by atoms with Crippen molar-refractivity contribution in [2.75, 3.05) is 0 Å². The number of aromatic nitrogens is 2. The van der Waals surface area contributed by atoms with E-state index in [9.17, 15) is 10.1 Å². The molecule has 1 aliphatic rings. The van der Waals surface area contributed by atoms with Crippen molar-refractivity contribution in [2.24, 2.45) is 0 Å². The molecule has 0 saturated carbocycles. The Morgan fingerprint density at radius 1 is 1.20 bits per heavy atom. The summed E-state index contributed by atoms with van der Waals surface area (Å²) < 4.78 is 1.97. The van der Waals surface area contributed by atoms with Crippen molar-refractivity contribution < 1.29 is 4.79 Å². The van der Waals surface area contributed by atoms with E-state index < -0.39 is 0 Å². The molecule has 0 amide bonds. The Hall–Kier alpha value is -2.58. The minimum absolute atomic E-state index is 0.105. The van der Waals surface area contributed by atoms with Crippen molar-refractivity contribution in [3.8, 4) is 6.07 Å². The number of nitrogens with zero attached hydrogens (tertiary/aromatic N) is 3. The molecule has 3 aromatic rings. The number of fused-ring (bicyclic) bond motifs is 3. The first-order valence-corrected chi connectivity index (χ1v) is 11.8. The topological polar surface area (TPSA) is 58.7 Å². The summed E-state index contributed by atoms with van der Waals surface area (Å²) >= 11 is 1.44. The number of hydrogen-bond acceptors (Lipinski definition) is 4. The van der Waals surface area contributed by atoms with Gasteiger partial charge in [-0.15, -0.1) is 0 Å². The maximum absolute atomic E-state index is 13.8. The third kappa shape index (κ3) is 3.77. The van der Waals surface area contributed by atoms with Gasteiger partial charge in [-0.3, -0.25) is 9.36 Å². The van der Waals surface area contributed by atoms with Gasteiger partial charge in [-0.05, 0) is 62.3 Å². The third-order valence-electron chi connectivity index (χ3n) is 5.84. The minimum atomic E-state index is -0.275. The summed E-state index contributed by atoms with van der Waals surface area (Å²) in [6.45, 7) is 4.15. The maximum atomic E-state index is 13.8. The van der Waals surface area contributed by atoms with Crippen molar-refractivity contribution >= 4 is 28.6 Å². The highest BCUT2D eigenvalue weighted by molar-refractivity contribution is 8.00. The molecule has 1 atom stereocenters. The van der Waals surface area contributed by atoms with Gasteiger partial charge in [0.2, 0.25) is 5.91 Å². The van der Waals surface area contributed by atoms with Gasteiger partial charge >= 0.3 is 0 Å². The molecule has 0 fully saturated rings. The van der Waals surface area contributed by atoms with E-state index in [0.717, 1.165) is 43.3 Å². The minimum Gasteiger partial charge on any atom is -0.283 e. The molecular formula is C25H27N3OS. The lowest BCUT2D eigenvalue weighted by atomic mass is 9.95. The zero-order chi connectivity index (χ0) is 21.1. The number of para-hydroxylation sites is 1. The molecule has 1 aromatic carbocycles. The fourth-order valence-corrected chi connectivity index (χ4v) is 5.44. The van der Waals surface area contributed by atoms with E-state index >= 15 is 0 Å². The van der Waals surface area contributed by atoms with Crippen LogP contribution in [0.3, 0.4) is 0 Å². The van der Waals surface area contributed by atoms with E-state index in [1.807, 2.05) is 29.7 Å². The van der Waals surface area contributed by atoms with Crippen LogP contribution in [0, 0.1) is 11.3 Å². The van der Waals surface area contributed by atoms with Crippen LogP contribution in [0.1, 0.15) is 66.8 Å². The number of carbonyl (C=O) groups is 1. The van der Waals surface area contributed by atoms with Crippen LogP contribution in [0.15, 0.2) is 41.4 Å². The Morgan fingerprint density at radius 2 is 2.00 bits per heavy atom. The summed E-state index contributed by atoms with van der Waals surface area (Å²) in [5, 5.41) is 11.2. The van der Waals surface area contributed by atoms with Gasteiger partial charge in [0.15, 0.2) is 0 Å². The van der Waals surface area contributed by atoms with E-state index in [0.29, 0.717) is 17.0 Å². The van der Waals surface area contributed by atoms with Crippen molar-refractivity contribution in [3.63, 3.8) is 0 Å². The Kier molecular flexibility index (Phi) is 6.24. The average Bonchev–Trinajstić information content (AvgIpc) is 3.12. The van der Waals surface area contributed by atoms with Crippen LogP contribution in [0.4, 0.5) is 0 Å². The maximum Gasteiger partial charge on any atom is 0.244 e. The number of nitriles is 1. The number of thioether (sulfide) groups is 1. The highest BCUT2D eigenvalue weighted by Crippen LogP contribution is 2.35. The van der Waals surface area contributed by atoms with Crippen LogP contribution in [0.25, 0.3) is 10.9 Å². The van der Waals surface area contributed by atoms with Crippen LogP contribution < -0.4 is 0 Å². The molecule has 4 rings (SSSR count). The molecule has 5 heteroatoms. The van der Waals surface area contributed by atoms with Crippen molar-refractivity contribution in [2.45, 2.75) is 69.1 Å². The van der Waals surface area contributed by atoms with Crippen molar-refractivity contribution in [3.05, 3.63) is 58.9 Å². The Morgan fingerprint density at radius 3 is 2.77 bits per heavy atom. The molecule has 154 valence electrons. The third-order valence-corrected chi connectivity index (χ3v) is 7.20. The van der Waals surface area contributed by atoms with E-state index in [1.165, 1.54) is 34.8 Å². The zero-order valence-corrected chi connectivity index (χ0v) is 18.5. The van der Waals surface area contributed by atoms with Crippen LogP contribution >= 0.6 is 11.8 Å². The first-order chi connectivity index (χ1) is 14.7. The monoisotopic (exact) mass is 417 g/mol. The largest absolute Gasteiger partial charge is 0.283 e. The van der Waals surface area contributed by atoms with Crippen LogP contribution in [0.2, 0.25) is 0 Å². The van der Waals surface area contributed by atoms with E-state index in [-0.39, 0.29) is 11.2 Å². The van der Waals surface area contributed by atoms with E-state index in [1.54, 1.807) is 0 Å². The number of aryl methyl sites for hydroxylation is 2. The predicted molar refractivity (Wildman–Crippen MR) is 122 cm³/mol. The average molecular weight is 418 g/mol. The second-order valence-electron chi connectivity index (χ2n) is 7.85. The molecule has 0 radical (unpaired) electrons. The second-order valence-corrected chi connectivity index (χ2v) is 9.05. The van der Waals surface area contributed by atoms with Gasteiger partial charge in [-0.1, -0.05) is 50.2 Å². The number of benzene rings is 1. The van der Waals surface area contributed by atoms with E-state index in [2.05, 4.69) is 31.2 Å². The van der Waals surface area contributed by atoms with Crippen molar-refractivity contribution in [1.29, 1.82) is 5.26 Å². The predicted octanol–water partition coefficient (Wildman–Crippen LogP) is 5.95. The second kappa shape index (κ2) is 9.06. The molecule has 30 heavy (non-hydrogen) atoms. The lowest BCUT2D eigenvalue weighted by molar-refractivity contribution is 0.0910. The van der Waals surface area contributed by atoms with Gasteiger partial charge < -0.3 is 0 Å². The Balaban J connectivity index is 1.73. The fraction of sp³-hybridized carbons (Fsp3) is 0.400. The molecule has 0 aliphatic heterocycles. The summed E-state index contributed by atoms with van der Waals surface area (Å²) in [6, 6.07) is 14.3. The quantitative estimate of drug-likeness (QED) is 0.465. The smallest absolute Gasteiger partial charge is 0.244 e. The van der Waals surface area contributed by atoms with Gasteiger partial charge in [0.25, 0.3) is 0 Å².